The fourth-order valence-electron chi connectivity index (χ4n) is 1.81. The highest BCUT2D eigenvalue weighted by Crippen LogP contribution is 2.24. The van der Waals surface area contributed by atoms with Gasteiger partial charge in [0, 0.05) is 25.4 Å². The second-order valence-electron chi connectivity index (χ2n) is 8.14. The number of esters is 2. The molecule has 162 valence electrons. The fourth-order valence-corrected chi connectivity index (χ4v) is 4.10. The molecule has 0 spiro atoms. The zero-order valence-corrected chi connectivity index (χ0v) is 19.5. The van der Waals surface area contributed by atoms with Crippen LogP contribution < -0.4 is 10.6 Å². The lowest BCUT2D eigenvalue weighted by Gasteiger charge is -2.25. The van der Waals surface area contributed by atoms with Gasteiger partial charge in [-0.15, -0.1) is 0 Å². The molecule has 0 rings (SSSR count). The molecule has 8 nitrogen and oxygen atoms in total. The lowest BCUT2D eigenvalue weighted by atomic mass is 10.2. The molecule has 10 heteroatoms. The van der Waals surface area contributed by atoms with E-state index in [4.69, 9.17) is 9.47 Å². The standard InChI is InChI=1S/C18H32N2O6S2/c1-11(21)19-13(15(23)25-17(3,4)5)9-27-28-10-14(20-12(2)22)16(24)26-18(6,7)8/h13-14H,9-10H2,1-8H3,(H,19,21)(H,20,22)/t13-,14-/m1/s1. The van der Waals surface area contributed by atoms with Gasteiger partial charge in [0.15, 0.2) is 0 Å². The fraction of sp³-hybridized carbons (Fsp3) is 0.778. The van der Waals surface area contributed by atoms with Gasteiger partial charge in [-0.25, -0.2) is 9.59 Å². The van der Waals surface area contributed by atoms with Crippen molar-refractivity contribution in [3.05, 3.63) is 0 Å². The van der Waals surface area contributed by atoms with E-state index in [1.807, 2.05) is 0 Å². The van der Waals surface area contributed by atoms with E-state index in [0.29, 0.717) is 0 Å². The summed E-state index contributed by atoms with van der Waals surface area (Å²) in [6.45, 7) is 13.1. The van der Waals surface area contributed by atoms with E-state index in [2.05, 4.69) is 10.6 Å². The Morgan fingerprint density at radius 3 is 1.21 bits per heavy atom. The number of rotatable bonds is 9. The summed E-state index contributed by atoms with van der Waals surface area (Å²) in [4.78, 5) is 47.2. The third kappa shape index (κ3) is 13.7. The van der Waals surface area contributed by atoms with E-state index >= 15 is 0 Å². The van der Waals surface area contributed by atoms with Crippen molar-refractivity contribution in [2.45, 2.75) is 78.7 Å². The van der Waals surface area contributed by atoms with Crippen LogP contribution in [0.4, 0.5) is 0 Å². The molecule has 0 saturated heterocycles. The van der Waals surface area contributed by atoms with E-state index in [9.17, 15) is 19.2 Å². The van der Waals surface area contributed by atoms with Gasteiger partial charge < -0.3 is 20.1 Å². The van der Waals surface area contributed by atoms with Crippen molar-refractivity contribution >= 4 is 45.3 Å². The van der Waals surface area contributed by atoms with Crippen molar-refractivity contribution in [3.63, 3.8) is 0 Å². The molecule has 0 saturated carbocycles. The molecule has 28 heavy (non-hydrogen) atoms. The highest BCUT2D eigenvalue weighted by molar-refractivity contribution is 8.76. The largest absolute Gasteiger partial charge is 0.458 e. The minimum atomic E-state index is -0.810. The summed E-state index contributed by atoms with van der Waals surface area (Å²) in [7, 11) is 2.58. The summed E-state index contributed by atoms with van der Waals surface area (Å²) < 4.78 is 10.6. The first kappa shape index (κ1) is 26.6. The molecule has 0 aliphatic carbocycles. The molecule has 0 aromatic rings. The molecule has 0 aromatic carbocycles. The molecule has 0 heterocycles. The molecule has 2 N–H and O–H groups in total. The van der Waals surface area contributed by atoms with Crippen LogP contribution in [0.5, 0.6) is 0 Å². The summed E-state index contributed by atoms with van der Waals surface area (Å²) in [6.07, 6.45) is 0. The first-order valence-electron chi connectivity index (χ1n) is 8.85. The highest BCUT2D eigenvalue weighted by Gasteiger charge is 2.28. The smallest absolute Gasteiger partial charge is 0.330 e. The van der Waals surface area contributed by atoms with Crippen molar-refractivity contribution in [1.82, 2.24) is 10.6 Å². The van der Waals surface area contributed by atoms with Crippen LogP contribution in [0, 0.1) is 0 Å². The summed E-state index contributed by atoms with van der Waals surface area (Å²) in [5.41, 5.74) is -1.34. The predicted octanol–water partition coefficient (Wildman–Crippen LogP) is 2.06. The van der Waals surface area contributed by atoms with Crippen LogP contribution >= 0.6 is 21.6 Å². The van der Waals surface area contributed by atoms with Gasteiger partial charge in [-0.05, 0) is 41.5 Å². The van der Waals surface area contributed by atoms with Crippen LogP contribution in [0.2, 0.25) is 0 Å². The molecule has 0 aliphatic heterocycles. The number of ether oxygens (including phenoxy) is 2. The van der Waals surface area contributed by atoms with Gasteiger partial charge in [0.05, 0.1) is 0 Å². The Morgan fingerprint density at radius 2 is 1.00 bits per heavy atom. The van der Waals surface area contributed by atoms with Crippen molar-refractivity contribution in [2.24, 2.45) is 0 Å². The van der Waals surface area contributed by atoms with Gasteiger partial charge in [0.25, 0.3) is 0 Å². The van der Waals surface area contributed by atoms with Crippen LogP contribution in [0.15, 0.2) is 0 Å². The van der Waals surface area contributed by atoms with E-state index in [1.165, 1.54) is 35.4 Å². The van der Waals surface area contributed by atoms with Crippen LogP contribution in [-0.2, 0) is 28.7 Å². The Hall–Kier alpha value is -1.42. The SMILES string of the molecule is CC(=O)N[C@H](CSSC[C@@H](NC(C)=O)C(=O)OC(C)(C)C)C(=O)OC(C)(C)C. The molecule has 0 fully saturated rings. The number of carbonyl (C=O) groups is 4. The Kier molecular flexibility index (Phi) is 11.0. The molecule has 2 atom stereocenters. The third-order valence-electron chi connectivity index (χ3n) is 2.69. The summed E-state index contributed by atoms with van der Waals surface area (Å²) in [5.74, 6) is -1.24. The maximum Gasteiger partial charge on any atom is 0.330 e. The molecular formula is C18H32N2O6S2. The normalized spacial score (nSPS) is 13.9. The Labute approximate surface area is 175 Å². The van der Waals surface area contributed by atoms with Gasteiger partial charge in [0.1, 0.15) is 23.3 Å². The average Bonchev–Trinajstić information content (AvgIpc) is 2.44. The Balaban J connectivity index is 4.77. The molecular weight excluding hydrogens is 404 g/mol. The maximum absolute atomic E-state index is 12.2. The number of hydrogen-bond acceptors (Lipinski definition) is 8. The predicted molar refractivity (Wildman–Crippen MR) is 112 cm³/mol. The monoisotopic (exact) mass is 436 g/mol. The number of carbonyl (C=O) groups excluding carboxylic acids is 4. The third-order valence-corrected chi connectivity index (χ3v) is 5.11. The van der Waals surface area contributed by atoms with Gasteiger partial charge in [-0.1, -0.05) is 21.6 Å². The minimum Gasteiger partial charge on any atom is -0.458 e. The number of hydrogen-bond donors (Lipinski definition) is 2. The number of nitrogens with one attached hydrogen (secondary N) is 2. The molecule has 0 bridgehead atoms. The summed E-state index contributed by atoms with van der Waals surface area (Å²) >= 11 is 0. The second kappa shape index (κ2) is 11.5. The molecule has 0 radical (unpaired) electrons. The van der Waals surface area contributed by atoms with Crippen LogP contribution in [0.1, 0.15) is 55.4 Å². The second-order valence-corrected chi connectivity index (χ2v) is 10.7. The highest BCUT2D eigenvalue weighted by atomic mass is 33.1. The zero-order chi connectivity index (χ0) is 22.1. The Bertz CT molecular complexity index is 519. The molecule has 0 unspecified atom stereocenters. The van der Waals surface area contributed by atoms with Gasteiger partial charge >= 0.3 is 11.9 Å². The lowest BCUT2D eigenvalue weighted by Crippen LogP contribution is -2.45. The molecule has 2 amide bonds. The van der Waals surface area contributed by atoms with E-state index in [1.54, 1.807) is 41.5 Å². The number of amides is 2. The van der Waals surface area contributed by atoms with Crippen molar-refractivity contribution < 1.29 is 28.7 Å². The lowest BCUT2D eigenvalue weighted by molar-refractivity contribution is -0.158. The van der Waals surface area contributed by atoms with Crippen molar-refractivity contribution in [2.75, 3.05) is 11.5 Å². The van der Waals surface area contributed by atoms with Gasteiger partial charge in [-0.3, -0.25) is 9.59 Å². The van der Waals surface area contributed by atoms with E-state index in [-0.39, 0.29) is 23.3 Å². The Morgan fingerprint density at radius 1 is 0.714 bits per heavy atom. The zero-order valence-electron chi connectivity index (χ0n) is 17.8. The minimum absolute atomic E-state index is 0.250. The maximum atomic E-state index is 12.2. The molecule has 0 aliphatic rings. The first-order valence-corrected chi connectivity index (χ1v) is 11.3. The first-order chi connectivity index (χ1) is 12.6. The van der Waals surface area contributed by atoms with Crippen LogP contribution in [0.3, 0.4) is 0 Å². The van der Waals surface area contributed by atoms with Gasteiger partial charge in [0.2, 0.25) is 11.8 Å². The average molecular weight is 437 g/mol. The summed E-state index contributed by atoms with van der Waals surface area (Å²) in [5, 5.41) is 5.13. The van der Waals surface area contributed by atoms with Crippen molar-refractivity contribution in [1.29, 1.82) is 0 Å². The van der Waals surface area contributed by atoms with Crippen molar-refractivity contribution in [3.8, 4) is 0 Å². The molecule has 0 aromatic heterocycles. The van der Waals surface area contributed by atoms with E-state index < -0.39 is 35.2 Å². The topological polar surface area (TPSA) is 111 Å². The van der Waals surface area contributed by atoms with Crippen LogP contribution in [-0.4, -0.2) is 58.5 Å². The van der Waals surface area contributed by atoms with Gasteiger partial charge in [-0.2, -0.15) is 0 Å². The van der Waals surface area contributed by atoms with E-state index in [0.717, 1.165) is 0 Å². The quantitative estimate of drug-likeness (QED) is 0.321. The summed E-state index contributed by atoms with van der Waals surface area (Å²) in [6, 6.07) is -1.62. The van der Waals surface area contributed by atoms with Crippen LogP contribution in [0.25, 0.3) is 0 Å².